The van der Waals surface area contributed by atoms with E-state index >= 15 is 0 Å². The second-order valence-electron chi connectivity index (χ2n) is 7.69. The van der Waals surface area contributed by atoms with Gasteiger partial charge in [-0.15, -0.1) is 0 Å². The van der Waals surface area contributed by atoms with Crippen molar-refractivity contribution in [2.24, 2.45) is 0 Å². The third kappa shape index (κ3) is 5.33. The molecular weight excluding hydrogens is 410 g/mol. The fraction of sp³-hybridized carbons (Fsp3) is 0.217. The number of amides is 1. The SMILES string of the molecule is CC(C)(C)Oc1cc(-c2ccc(CNC(=O)c3c(F)ccc(F)c3Cl)cc2)ccn1. The minimum absolute atomic E-state index is 0.139. The number of ether oxygens (including phenoxy) is 1. The standard InChI is InChI=1S/C23H21ClF2N2O2/c1-23(2,3)30-19-12-16(10-11-27-19)15-6-4-14(5-7-15)13-28-22(29)20-17(25)8-9-18(26)21(20)24/h4-12H,13H2,1-3H3,(H,28,29). The molecule has 0 radical (unpaired) electrons. The molecule has 1 N–H and O–H groups in total. The molecule has 156 valence electrons. The second kappa shape index (κ2) is 8.79. The van der Waals surface area contributed by atoms with E-state index in [1.165, 1.54) is 0 Å². The average Bonchev–Trinajstić information content (AvgIpc) is 2.69. The molecule has 0 aliphatic rings. The van der Waals surface area contributed by atoms with Crippen molar-refractivity contribution in [2.75, 3.05) is 0 Å². The van der Waals surface area contributed by atoms with Gasteiger partial charge in [0.05, 0.1) is 10.6 Å². The monoisotopic (exact) mass is 430 g/mol. The van der Waals surface area contributed by atoms with Crippen molar-refractivity contribution in [2.45, 2.75) is 32.9 Å². The molecule has 0 saturated heterocycles. The van der Waals surface area contributed by atoms with Crippen molar-refractivity contribution in [3.8, 4) is 17.0 Å². The Morgan fingerprint density at radius 3 is 2.37 bits per heavy atom. The van der Waals surface area contributed by atoms with Gasteiger partial charge in [-0.1, -0.05) is 35.9 Å². The number of halogens is 3. The molecule has 0 saturated carbocycles. The second-order valence-corrected chi connectivity index (χ2v) is 8.07. The number of nitrogens with zero attached hydrogens (tertiary/aromatic N) is 1. The first kappa shape index (κ1) is 21.7. The molecule has 0 spiro atoms. The summed E-state index contributed by atoms with van der Waals surface area (Å²) in [6, 6.07) is 13.0. The Morgan fingerprint density at radius 2 is 1.70 bits per heavy atom. The van der Waals surface area contributed by atoms with E-state index in [-0.39, 0.29) is 12.1 Å². The molecule has 0 atom stereocenters. The third-order valence-electron chi connectivity index (χ3n) is 4.16. The molecule has 30 heavy (non-hydrogen) atoms. The Kier molecular flexibility index (Phi) is 6.37. The van der Waals surface area contributed by atoms with Gasteiger partial charge in [0.25, 0.3) is 5.91 Å². The predicted molar refractivity (Wildman–Crippen MR) is 113 cm³/mol. The molecule has 3 rings (SSSR count). The summed E-state index contributed by atoms with van der Waals surface area (Å²) in [7, 11) is 0. The molecule has 7 heteroatoms. The largest absolute Gasteiger partial charge is 0.472 e. The Balaban J connectivity index is 1.69. The Bertz CT molecular complexity index is 1060. The Labute approximate surface area is 178 Å². The number of rotatable bonds is 5. The van der Waals surface area contributed by atoms with Gasteiger partial charge >= 0.3 is 0 Å². The lowest BCUT2D eigenvalue weighted by atomic mass is 10.0. The zero-order valence-corrected chi connectivity index (χ0v) is 17.6. The molecule has 2 aromatic carbocycles. The smallest absolute Gasteiger partial charge is 0.256 e. The Hall–Kier alpha value is -2.99. The van der Waals surface area contributed by atoms with Crippen LogP contribution in [0.3, 0.4) is 0 Å². The number of carbonyl (C=O) groups is 1. The van der Waals surface area contributed by atoms with E-state index in [0.717, 1.165) is 28.8 Å². The third-order valence-corrected chi connectivity index (χ3v) is 4.53. The van der Waals surface area contributed by atoms with Crippen molar-refractivity contribution in [1.29, 1.82) is 0 Å². The van der Waals surface area contributed by atoms with E-state index in [1.807, 2.05) is 57.2 Å². The van der Waals surface area contributed by atoms with Gasteiger partial charge in [-0.05, 0) is 55.7 Å². The Morgan fingerprint density at radius 1 is 1.03 bits per heavy atom. The van der Waals surface area contributed by atoms with Gasteiger partial charge in [-0.3, -0.25) is 4.79 Å². The molecule has 1 heterocycles. The molecule has 0 aliphatic heterocycles. The number of hydrogen-bond donors (Lipinski definition) is 1. The topological polar surface area (TPSA) is 51.2 Å². The van der Waals surface area contributed by atoms with E-state index in [1.54, 1.807) is 6.20 Å². The van der Waals surface area contributed by atoms with Crippen molar-refractivity contribution in [3.63, 3.8) is 0 Å². The van der Waals surface area contributed by atoms with Crippen LogP contribution in [0.4, 0.5) is 8.78 Å². The van der Waals surface area contributed by atoms with Crippen LogP contribution < -0.4 is 10.1 Å². The minimum atomic E-state index is -0.875. The van der Waals surface area contributed by atoms with Crippen molar-refractivity contribution >= 4 is 17.5 Å². The molecule has 0 fully saturated rings. The average molecular weight is 431 g/mol. The van der Waals surface area contributed by atoms with E-state index in [2.05, 4.69) is 10.3 Å². The van der Waals surface area contributed by atoms with Crippen LogP contribution >= 0.6 is 11.6 Å². The van der Waals surface area contributed by atoms with Gasteiger partial charge in [0.1, 0.15) is 17.2 Å². The molecule has 1 aromatic heterocycles. The first-order valence-electron chi connectivity index (χ1n) is 9.30. The first-order chi connectivity index (χ1) is 14.1. The summed E-state index contributed by atoms with van der Waals surface area (Å²) in [5.41, 5.74) is 1.83. The van der Waals surface area contributed by atoms with Crippen LogP contribution in [0.15, 0.2) is 54.7 Å². The van der Waals surface area contributed by atoms with Crippen LogP contribution in [-0.4, -0.2) is 16.5 Å². The number of carbonyl (C=O) groups excluding carboxylic acids is 1. The molecule has 3 aromatic rings. The van der Waals surface area contributed by atoms with Crippen LogP contribution in [0.5, 0.6) is 5.88 Å². The summed E-state index contributed by atoms with van der Waals surface area (Å²) in [5.74, 6) is -1.97. The van der Waals surface area contributed by atoms with Gasteiger partial charge < -0.3 is 10.1 Å². The maximum atomic E-state index is 13.9. The van der Waals surface area contributed by atoms with Gasteiger partial charge in [0, 0.05) is 18.8 Å². The number of hydrogen-bond acceptors (Lipinski definition) is 3. The van der Waals surface area contributed by atoms with E-state index < -0.39 is 28.1 Å². The number of nitrogens with one attached hydrogen (secondary N) is 1. The fourth-order valence-corrected chi connectivity index (χ4v) is 3.02. The first-order valence-corrected chi connectivity index (χ1v) is 9.68. The lowest BCUT2D eigenvalue weighted by molar-refractivity contribution is 0.0946. The van der Waals surface area contributed by atoms with Crippen molar-refractivity contribution in [3.05, 3.63) is 82.5 Å². The summed E-state index contributed by atoms with van der Waals surface area (Å²) in [6.45, 7) is 5.99. The highest BCUT2D eigenvalue weighted by Gasteiger charge is 2.19. The van der Waals surface area contributed by atoms with Crippen LogP contribution in [0.2, 0.25) is 5.02 Å². The van der Waals surface area contributed by atoms with Gasteiger partial charge in [-0.2, -0.15) is 0 Å². The quantitative estimate of drug-likeness (QED) is 0.521. The maximum absolute atomic E-state index is 13.9. The normalized spacial score (nSPS) is 11.3. The maximum Gasteiger partial charge on any atom is 0.256 e. The highest BCUT2D eigenvalue weighted by molar-refractivity contribution is 6.34. The number of benzene rings is 2. The molecule has 4 nitrogen and oxygen atoms in total. The summed E-state index contributed by atoms with van der Waals surface area (Å²) >= 11 is 5.73. The summed E-state index contributed by atoms with van der Waals surface area (Å²) in [4.78, 5) is 16.5. The zero-order valence-electron chi connectivity index (χ0n) is 16.8. The zero-order chi connectivity index (χ0) is 21.9. The molecule has 0 unspecified atom stereocenters. The molecule has 1 amide bonds. The van der Waals surface area contributed by atoms with Gasteiger partial charge in [0.15, 0.2) is 0 Å². The molecule has 0 bridgehead atoms. The highest BCUT2D eigenvalue weighted by atomic mass is 35.5. The number of pyridine rings is 1. The van der Waals surface area contributed by atoms with Crippen molar-refractivity contribution in [1.82, 2.24) is 10.3 Å². The summed E-state index contributed by atoms with van der Waals surface area (Å²) in [5, 5.41) is 2.02. The van der Waals surface area contributed by atoms with Crippen LogP contribution in [0, 0.1) is 11.6 Å². The fourth-order valence-electron chi connectivity index (χ4n) is 2.78. The van der Waals surface area contributed by atoms with E-state index in [0.29, 0.717) is 5.88 Å². The van der Waals surface area contributed by atoms with Crippen LogP contribution in [0.25, 0.3) is 11.1 Å². The summed E-state index contributed by atoms with van der Waals surface area (Å²) < 4.78 is 33.2. The minimum Gasteiger partial charge on any atom is -0.472 e. The highest BCUT2D eigenvalue weighted by Crippen LogP contribution is 2.25. The van der Waals surface area contributed by atoms with Crippen LogP contribution in [0.1, 0.15) is 36.7 Å². The lowest BCUT2D eigenvalue weighted by Crippen LogP contribution is -2.24. The van der Waals surface area contributed by atoms with Crippen LogP contribution in [-0.2, 0) is 6.54 Å². The van der Waals surface area contributed by atoms with E-state index in [9.17, 15) is 13.6 Å². The molecule has 0 aliphatic carbocycles. The molecular formula is C23H21ClF2N2O2. The van der Waals surface area contributed by atoms with Crippen molar-refractivity contribution < 1.29 is 18.3 Å². The van der Waals surface area contributed by atoms with Gasteiger partial charge in [0.2, 0.25) is 5.88 Å². The van der Waals surface area contributed by atoms with Gasteiger partial charge in [-0.25, -0.2) is 13.8 Å². The predicted octanol–water partition coefficient (Wildman–Crippen LogP) is 5.79. The lowest BCUT2D eigenvalue weighted by Gasteiger charge is -2.20. The van der Waals surface area contributed by atoms with E-state index in [4.69, 9.17) is 16.3 Å². The summed E-state index contributed by atoms with van der Waals surface area (Å²) in [6.07, 6.45) is 1.68. The number of aromatic nitrogens is 1.